The van der Waals surface area contributed by atoms with Crippen LogP contribution in [0.2, 0.25) is 0 Å². The Bertz CT molecular complexity index is 1900. The van der Waals surface area contributed by atoms with Gasteiger partial charge in [-0.25, -0.2) is 17.8 Å². The molecule has 2 fully saturated rings. The number of sulfone groups is 1. The number of aromatic nitrogens is 1. The lowest BCUT2D eigenvalue weighted by Crippen LogP contribution is -2.37. The van der Waals surface area contributed by atoms with Crippen LogP contribution < -0.4 is 5.32 Å². The minimum absolute atomic E-state index is 0.0586. The number of thiazole rings is 1. The summed E-state index contributed by atoms with van der Waals surface area (Å²) in [6.07, 6.45) is 4.41. The van der Waals surface area contributed by atoms with E-state index < -0.39 is 26.8 Å². The number of carbonyl (C=O) groups excluding carboxylic acids is 3. The number of nitrogens with one attached hydrogen (secondary N) is 1. The molecule has 0 bridgehead atoms. The monoisotopic (exact) mass is 617 g/mol. The molecule has 2 heterocycles. The van der Waals surface area contributed by atoms with Crippen molar-refractivity contribution in [3.8, 4) is 11.1 Å². The minimum Gasteiger partial charge on any atom is -0.348 e. The average Bonchev–Trinajstić information content (AvgIpc) is 3.92. The fourth-order valence-corrected chi connectivity index (χ4v) is 8.56. The number of hydrogen-bond donors (Lipinski definition) is 1. The van der Waals surface area contributed by atoms with Crippen LogP contribution in [0.1, 0.15) is 58.3 Å². The van der Waals surface area contributed by atoms with Crippen molar-refractivity contribution in [2.24, 2.45) is 5.92 Å². The third-order valence-corrected chi connectivity index (χ3v) is 11.5. The van der Waals surface area contributed by atoms with Crippen LogP contribution in [0.15, 0.2) is 65.6 Å². The highest BCUT2D eigenvalue weighted by Crippen LogP contribution is 2.39. The maximum absolute atomic E-state index is 13.8. The van der Waals surface area contributed by atoms with Gasteiger partial charge in [0.05, 0.1) is 21.7 Å². The fraction of sp³-hybridized carbons (Fsp3) is 0.312. The highest BCUT2D eigenvalue weighted by Gasteiger charge is 2.40. The van der Waals surface area contributed by atoms with Crippen LogP contribution in [0.4, 0.5) is 4.39 Å². The summed E-state index contributed by atoms with van der Waals surface area (Å²) in [5.41, 5.74) is 4.03. The van der Waals surface area contributed by atoms with E-state index in [9.17, 15) is 27.2 Å². The number of halogens is 1. The smallest absolute Gasteiger partial charge is 0.254 e. The molecular formula is C32H28FN3O5S2. The highest BCUT2D eigenvalue weighted by atomic mass is 32.2. The molecule has 1 N–H and O–H groups in total. The van der Waals surface area contributed by atoms with Gasteiger partial charge in [-0.15, -0.1) is 11.3 Å². The summed E-state index contributed by atoms with van der Waals surface area (Å²) in [4.78, 5) is 44.8. The molecule has 11 heteroatoms. The number of Topliss-reactive ketones (excluding diaryl/α,β-unsaturated/α-hetero) is 1. The van der Waals surface area contributed by atoms with Crippen molar-refractivity contribution in [2.45, 2.75) is 54.8 Å². The van der Waals surface area contributed by atoms with Gasteiger partial charge in [0.25, 0.3) is 5.91 Å². The molecule has 0 spiro atoms. The summed E-state index contributed by atoms with van der Waals surface area (Å²) in [6, 6.07) is 16.0. The van der Waals surface area contributed by atoms with Gasteiger partial charge in [0.15, 0.2) is 20.9 Å². The Labute approximate surface area is 251 Å². The van der Waals surface area contributed by atoms with Crippen LogP contribution in [-0.4, -0.2) is 48.5 Å². The number of benzene rings is 3. The molecule has 2 amide bonds. The lowest BCUT2D eigenvalue weighted by molar-refractivity contribution is -0.125. The van der Waals surface area contributed by atoms with Gasteiger partial charge in [0.1, 0.15) is 10.8 Å². The van der Waals surface area contributed by atoms with E-state index in [1.54, 1.807) is 6.07 Å². The minimum atomic E-state index is -4.34. The number of rotatable bonds is 10. The molecule has 3 aromatic carbocycles. The molecule has 1 unspecified atom stereocenters. The van der Waals surface area contributed by atoms with E-state index in [4.69, 9.17) is 0 Å². The van der Waals surface area contributed by atoms with E-state index in [0.29, 0.717) is 35.1 Å². The SMILES string of the molecule is O=C(CNC(=O)C(c1nc2ccc(-c3ccc4c(c3)CN(C3CC3)C4=O)cc2s1)S(=O)(=O)c1ccc(F)cc1)CC1CC1. The Morgan fingerprint density at radius 1 is 1.00 bits per heavy atom. The normalized spacial score (nSPS) is 17.2. The van der Waals surface area contributed by atoms with Crippen LogP contribution in [0.5, 0.6) is 0 Å². The van der Waals surface area contributed by atoms with E-state index in [-0.39, 0.29) is 28.1 Å². The van der Waals surface area contributed by atoms with E-state index in [2.05, 4.69) is 10.3 Å². The van der Waals surface area contributed by atoms with E-state index in [1.807, 2.05) is 35.2 Å². The van der Waals surface area contributed by atoms with Gasteiger partial charge >= 0.3 is 0 Å². The largest absolute Gasteiger partial charge is 0.348 e. The number of amides is 2. The zero-order valence-corrected chi connectivity index (χ0v) is 24.7. The average molecular weight is 618 g/mol. The summed E-state index contributed by atoms with van der Waals surface area (Å²) in [7, 11) is -4.34. The van der Waals surface area contributed by atoms with E-state index in [1.165, 1.54) is 0 Å². The molecular weight excluding hydrogens is 590 g/mol. The van der Waals surface area contributed by atoms with Crippen molar-refractivity contribution in [3.05, 3.63) is 82.6 Å². The summed E-state index contributed by atoms with van der Waals surface area (Å²) < 4.78 is 41.8. The van der Waals surface area contributed by atoms with E-state index >= 15 is 0 Å². The number of hydrogen-bond acceptors (Lipinski definition) is 7. The van der Waals surface area contributed by atoms with Gasteiger partial charge in [-0.3, -0.25) is 14.4 Å². The number of fused-ring (bicyclic) bond motifs is 2. The Hall–Kier alpha value is -3.96. The third-order valence-electron chi connectivity index (χ3n) is 8.25. The second kappa shape index (κ2) is 10.6. The molecule has 0 radical (unpaired) electrons. The second-order valence-corrected chi connectivity index (χ2v) is 14.6. The molecule has 7 rings (SSSR count). The Morgan fingerprint density at radius 3 is 2.44 bits per heavy atom. The molecule has 4 aromatic rings. The van der Waals surface area contributed by atoms with E-state index in [0.717, 1.165) is 83.5 Å². The van der Waals surface area contributed by atoms with Gasteiger partial charge in [-0.05, 0) is 96.8 Å². The molecule has 43 heavy (non-hydrogen) atoms. The topological polar surface area (TPSA) is 114 Å². The summed E-state index contributed by atoms with van der Waals surface area (Å²) >= 11 is 1.09. The molecule has 1 aromatic heterocycles. The van der Waals surface area contributed by atoms with Gasteiger partial charge in [-0.1, -0.05) is 12.1 Å². The molecule has 1 atom stereocenters. The first kappa shape index (κ1) is 27.8. The van der Waals surface area contributed by atoms with Crippen molar-refractivity contribution in [2.75, 3.05) is 6.54 Å². The Kier molecular flexibility index (Phi) is 6.89. The maximum atomic E-state index is 13.8. The summed E-state index contributed by atoms with van der Waals surface area (Å²) in [5, 5.41) is 0.862. The summed E-state index contributed by atoms with van der Waals surface area (Å²) in [5.74, 6) is -1.19. The number of nitrogens with zero attached hydrogens (tertiary/aromatic N) is 2. The summed E-state index contributed by atoms with van der Waals surface area (Å²) in [6.45, 7) is 0.333. The standard InChI is InChI=1S/C32H28FN3O5S2/c33-22-5-9-25(10-6-22)43(40,41)29(30(38)34-16-24(37)13-18-1-2-18)31-35-27-12-4-20(15-28(27)42-31)19-3-11-26-21(14-19)17-36(32(26)39)23-7-8-23/h3-6,9-12,14-15,18,23,29H,1-2,7-8,13,16-17H2,(H,34,38). The maximum Gasteiger partial charge on any atom is 0.254 e. The first-order valence-corrected chi connectivity index (χ1v) is 16.7. The number of carbonyl (C=O) groups is 3. The lowest BCUT2D eigenvalue weighted by atomic mass is 10.0. The van der Waals surface area contributed by atoms with Crippen LogP contribution in [-0.2, 0) is 26.0 Å². The van der Waals surface area contributed by atoms with Crippen molar-refractivity contribution in [3.63, 3.8) is 0 Å². The van der Waals surface area contributed by atoms with Crippen molar-refractivity contribution in [1.82, 2.24) is 15.2 Å². The van der Waals surface area contributed by atoms with Crippen LogP contribution in [0.3, 0.4) is 0 Å². The Balaban J connectivity index is 1.20. The lowest BCUT2D eigenvalue weighted by Gasteiger charge is -2.15. The highest BCUT2D eigenvalue weighted by molar-refractivity contribution is 7.92. The quantitative estimate of drug-likeness (QED) is 0.244. The van der Waals surface area contributed by atoms with Gasteiger partial charge in [0, 0.05) is 24.6 Å². The first-order chi connectivity index (χ1) is 20.7. The zero-order chi connectivity index (χ0) is 29.9. The van der Waals surface area contributed by atoms with Crippen molar-refractivity contribution in [1.29, 1.82) is 0 Å². The first-order valence-electron chi connectivity index (χ1n) is 14.3. The number of ketones is 1. The van der Waals surface area contributed by atoms with Gasteiger partial charge in [-0.2, -0.15) is 0 Å². The predicted octanol–water partition coefficient (Wildman–Crippen LogP) is 5.22. The van der Waals surface area contributed by atoms with Gasteiger partial charge in [0.2, 0.25) is 5.91 Å². The molecule has 220 valence electrons. The van der Waals surface area contributed by atoms with Crippen molar-refractivity contribution < 1.29 is 27.2 Å². The van der Waals surface area contributed by atoms with Gasteiger partial charge < -0.3 is 10.2 Å². The molecule has 0 saturated heterocycles. The van der Waals surface area contributed by atoms with Crippen LogP contribution >= 0.6 is 11.3 Å². The van der Waals surface area contributed by atoms with Crippen LogP contribution in [0, 0.1) is 11.7 Å². The molecule has 2 aliphatic carbocycles. The Morgan fingerprint density at radius 2 is 1.72 bits per heavy atom. The molecule has 8 nitrogen and oxygen atoms in total. The zero-order valence-electron chi connectivity index (χ0n) is 23.1. The third kappa shape index (κ3) is 5.47. The fourth-order valence-electron chi connectivity index (χ4n) is 5.58. The predicted molar refractivity (Wildman–Crippen MR) is 160 cm³/mol. The van der Waals surface area contributed by atoms with Crippen molar-refractivity contribution >= 4 is 49.0 Å². The molecule has 2 saturated carbocycles. The molecule has 3 aliphatic rings. The van der Waals surface area contributed by atoms with Crippen LogP contribution in [0.25, 0.3) is 21.3 Å². The molecule has 1 aliphatic heterocycles. The second-order valence-electron chi connectivity index (χ2n) is 11.6.